The van der Waals surface area contributed by atoms with Crippen LogP contribution in [0.1, 0.15) is 45.9 Å². The second-order valence-electron chi connectivity index (χ2n) is 6.54. The second kappa shape index (κ2) is 7.04. The van der Waals surface area contributed by atoms with Crippen LogP contribution in [0.2, 0.25) is 5.15 Å². The van der Waals surface area contributed by atoms with Crippen LogP contribution in [-0.2, 0) is 0 Å². The molecular weight excluding hydrogens is 368 g/mol. The highest BCUT2D eigenvalue weighted by Gasteiger charge is 2.19. The van der Waals surface area contributed by atoms with Gasteiger partial charge in [-0.15, -0.1) is 0 Å². The summed E-state index contributed by atoms with van der Waals surface area (Å²) in [6.45, 7) is 7.26. The predicted molar refractivity (Wildman–Crippen MR) is 105 cm³/mol. The van der Waals surface area contributed by atoms with Gasteiger partial charge in [-0.1, -0.05) is 17.7 Å². The zero-order valence-corrected chi connectivity index (χ0v) is 16.1. The van der Waals surface area contributed by atoms with Crippen molar-refractivity contribution < 1.29 is 14.3 Å². The number of carboxylic acids is 1. The fraction of sp³-hybridized carbons (Fsp3) is 0.250. The molecule has 3 aromatic rings. The van der Waals surface area contributed by atoms with Gasteiger partial charge in [0.1, 0.15) is 16.5 Å². The average Bonchev–Trinajstić information content (AvgIpc) is 2.61. The fourth-order valence-electron chi connectivity index (χ4n) is 3.02. The number of carboxylic acid groups (broad SMARTS) is 1. The summed E-state index contributed by atoms with van der Waals surface area (Å²) in [5.41, 5.74) is 2.85. The Labute approximate surface area is 160 Å². The molecule has 0 saturated heterocycles. The highest BCUT2D eigenvalue weighted by atomic mass is 35.5. The lowest BCUT2D eigenvalue weighted by Gasteiger charge is -2.19. The molecule has 6 nitrogen and oxygen atoms in total. The van der Waals surface area contributed by atoms with Gasteiger partial charge in [0, 0.05) is 11.1 Å². The van der Waals surface area contributed by atoms with Crippen molar-refractivity contribution >= 4 is 34.2 Å². The molecule has 7 heteroatoms. The van der Waals surface area contributed by atoms with Crippen molar-refractivity contribution in [2.24, 2.45) is 0 Å². The van der Waals surface area contributed by atoms with Crippen molar-refractivity contribution in [2.75, 3.05) is 5.32 Å². The molecule has 2 heterocycles. The monoisotopic (exact) mass is 386 g/mol. The van der Waals surface area contributed by atoms with Gasteiger partial charge in [0.25, 0.3) is 0 Å². The molecule has 3 rings (SSSR count). The van der Waals surface area contributed by atoms with Crippen molar-refractivity contribution in [2.45, 2.75) is 33.7 Å². The zero-order chi connectivity index (χ0) is 19.9. The van der Waals surface area contributed by atoms with Crippen molar-refractivity contribution in [1.29, 1.82) is 0 Å². The van der Waals surface area contributed by atoms with Crippen molar-refractivity contribution in [1.82, 2.24) is 4.98 Å². The Morgan fingerprint density at radius 1 is 1.26 bits per heavy atom. The number of nitrogens with zero attached hydrogens (tertiary/aromatic N) is 1. The third-order valence-corrected chi connectivity index (χ3v) is 4.74. The van der Waals surface area contributed by atoms with Crippen LogP contribution in [0.4, 0.5) is 5.69 Å². The van der Waals surface area contributed by atoms with E-state index in [0.717, 1.165) is 11.1 Å². The summed E-state index contributed by atoms with van der Waals surface area (Å²) in [4.78, 5) is 28.0. The Morgan fingerprint density at radius 2 is 1.96 bits per heavy atom. The van der Waals surface area contributed by atoms with Crippen LogP contribution in [-0.4, -0.2) is 16.1 Å². The number of nitrogens with one attached hydrogen (secondary N) is 1. The molecule has 1 atom stereocenters. The maximum absolute atomic E-state index is 12.6. The third-order valence-electron chi connectivity index (χ3n) is 4.53. The first kappa shape index (κ1) is 18.9. The largest absolute Gasteiger partial charge is 0.476 e. The van der Waals surface area contributed by atoms with E-state index >= 15 is 0 Å². The molecule has 2 N–H and O–H groups in total. The normalized spacial score (nSPS) is 12.2. The second-order valence-corrected chi connectivity index (χ2v) is 6.93. The van der Waals surface area contributed by atoms with Gasteiger partial charge in [-0.25, -0.2) is 9.78 Å². The minimum Gasteiger partial charge on any atom is -0.476 e. The molecule has 140 valence electrons. The van der Waals surface area contributed by atoms with E-state index in [2.05, 4.69) is 10.3 Å². The molecule has 0 saturated carbocycles. The highest BCUT2D eigenvalue weighted by Crippen LogP contribution is 2.29. The first-order valence-electron chi connectivity index (χ1n) is 8.40. The lowest BCUT2D eigenvalue weighted by atomic mass is 10.00. The molecule has 1 unspecified atom stereocenters. The summed E-state index contributed by atoms with van der Waals surface area (Å²) in [5.74, 6) is -0.622. The number of hydrogen-bond donors (Lipinski definition) is 2. The maximum atomic E-state index is 12.6. The molecule has 0 fully saturated rings. The molecule has 0 aliphatic rings. The Morgan fingerprint density at radius 3 is 2.63 bits per heavy atom. The van der Waals surface area contributed by atoms with Crippen LogP contribution >= 0.6 is 11.6 Å². The Bertz CT molecular complexity index is 1120. The molecule has 0 aliphatic heterocycles. The van der Waals surface area contributed by atoms with Gasteiger partial charge in [-0.2, -0.15) is 0 Å². The standard InChI is InChI=1S/C20H19ClN2O4/c1-9-7-13(19-14(8-9)18(24)10(2)12(4)27-19)11(3)22-15-5-6-16(21)23-17(15)20(25)26/h5-8,11,22H,1-4H3,(H,25,26). The molecule has 27 heavy (non-hydrogen) atoms. The molecular formula is C20H19ClN2O4. The van der Waals surface area contributed by atoms with Crippen molar-refractivity contribution in [3.63, 3.8) is 0 Å². The van der Waals surface area contributed by atoms with Gasteiger partial charge in [-0.3, -0.25) is 4.79 Å². The molecule has 0 aliphatic carbocycles. The number of aryl methyl sites for hydroxylation is 2. The summed E-state index contributed by atoms with van der Waals surface area (Å²) < 4.78 is 5.92. The smallest absolute Gasteiger partial charge is 0.356 e. The first-order chi connectivity index (χ1) is 12.7. The minimum absolute atomic E-state index is 0.0646. The Hall–Kier alpha value is -2.86. The number of aromatic nitrogens is 1. The number of halogens is 1. The fourth-order valence-corrected chi connectivity index (χ4v) is 3.17. The highest BCUT2D eigenvalue weighted by molar-refractivity contribution is 6.29. The molecule has 0 bridgehead atoms. The molecule has 1 aromatic carbocycles. The van der Waals surface area contributed by atoms with Gasteiger partial charge < -0.3 is 14.8 Å². The van der Waals surface area contributed by atoms with Crippen LogP contribution in [0.15, 0.2) is 33.5 Å². The van der Waals surface area contributed by atoms with Gasteiger partial charge in [-0.05, 0) is 51.5 Å². The summed E-state index contributed by atoms with van der Waals surface area (Å²) in [7, 11) is 0. The predicted octanol–water partition coefficient (Wildman–Crippen LogP) is 4.64. The number of anilines is 1. The van der Waals surface area contributed by atoms with Gasteiger partial charge >= 0.3 is 5.97 Å². The van der Waals surface area contributed by atoms with Crippen molar-refractivity contribution in [3.8, 4) is 0 Å². The number of carbonyl (C=O) groups is 1. The molecule has 0 spiro atoms. The zero-order valence-electron chi connectivity index (χ0n) is 15.4. The summed E-state index contributed by atoms with van der Waals surface area (Å²) >= 11 is 5.81. The number of pyridine rings is 1. The number of benzene rings is 1. The SMILES string of the molecule is Cc1cc(C(C)Nc2ccc(Cl)nc2C(=O)O)c2oc(C)c(C)c(=O)c2c1. The quantitative estimate of drug-likeness (QED) is 0.634. The minimum atomic E-state index is -1.18. The summed E-state index contributed by atoms with van der Waals surface area (Å²) in [6, 6.07) is 6.47. The van der Waals surface area contributed by atoms with E-state index in [1.165, 1.54) is 6.07 Å². The third kappa shape index (κ3) is 3.53. The van der Waals surface area contributed by atoms with Crippen LogP contribution < -0.4 is 10.7 Å². The number of aromatic carboxylic acids is 1. The number of hydrogen-bond acceptors (Lipinski definition) is 5. The topological polar surface area (TPSA) is 92.4 Å². The Kier molecular flexibility index (Phi) is 4.93. The number of rotatable bonds is 4. The van der Waals surface area contributed by atoms with E-state index in [0.29, 0.717) is 28.0 Å². The van der Waals surface area contributed by atoms with Crippen LogP contribution in [0, 0.1) is 20.8 Å². The van der Waals surface area contributed by atoms with Crippen LogP contribution in [0.25, 0.3) is 11.0 Å². The van der Waals surface area contributed by atoms with Gasteiger partial charge in [0.15, 0.2) is 11.1 Å². The summed E-state index contributed by atoms with van der Waals surface area (Å²) in [6.07, 6.45) is 0. The van der Waals surface area contributed by atoms with E-state index in [-0.39, 0.29) is 22.3 Å². The molecule has 0 radical (unpaired) electrons. The average molecular weight is 387 g/mol. The summed E-state index contributed by atoms with van der Waals surface area (Å²) in [5, 5.41) is 13.1. The lowest BCUT2D eigenvalue weighted by Crippen LogP contribution is -2.14. The van der Waals surface area contributed by atoms with E-state index in [1.54, 1.807) is 26.0 Å². The maximum Gasteiger partial charge on any atom is 0.356 e. The molecule has 0 amide bonds. The molecule has 2 aromatic heterocycles. The lowest BCUT2D eigenvalue weighted by molar-refractivity contribution is 0.0691. The van der Waals surface area contributed by atoms with Crippen molar-refractivity contribution in [3.05, 3.63) is 67.8 Å². The van der Waals surface area contributed by atoms with E-state index in [4.69, 9.17) is 16.0 Å². The van der Waals surface area contributed by atoms with E-state index in [1.807, 2.05) is 19.9 Å². The van der Waals surface area contributed by atoms with Crippen LogP contribution in [0.3, 0.4) is 0 Å². The van der Waals surface area contributed by atoms with Gasteiger partial charge in [0.2, 0.25) is 0 Å². The van der Waals surface area contributed by atoms with E-state index < -0.39 is 5.97 Å². The first-order valence-corrected chi connectivity index (χ1v) is 8.77. The van der Waals surface area contributed by atoms with E-state index in [9.17, 15) is 14.7 Å². The Balaban J connectivity index is 2.13. The van der Waals surface area contributed by atoms with Gasteiger partial charge in [0.05, 0.1) is 17.1 Å². The van der Waals surface area contributed by atoms with Crippen LogP contribution in [0.5, 0.6) is 0 Å². The number of fused-ring (bicyclic) bond motifs is 1.